The van der Waals surface area contributed by atoms with Gasteiger partial charge in [-0.05, 0) is 6.42 Å². The van der Waals surface area contributed by atoms with Crippen LogP contribution in [-0.4, -0.2) is 68.3 Å². The van der Waals surface area contributed by atoms with Gasteiger partial charge >= 0.3 is 47.4 Å². The number of aromatic nitrogens is 2. The Morgan fingerprint density at radius 3 is 0.925 bits per heavy atom. The van der Waals surface area contributed by atoms with E-state index in [4.69, 9.17) is 86.1 Å². The summed E-state index contributed by atoms with van der Waals surface area (Å²) in [6, 6.07) is 0. The Balaban J connectivity index is -0.0000000866. The molecule has 32 heteroatoms. The molecule has 0 atom stereocenters. The predicted molar refractivity (Wildman–Crippen MR) is 121 cm³/mol. The van der Waals surface area contributed by atoms with Gasteiger partial charge in [0.2, 0.25) is 0 Å². The van der Waals surface area contributed by atoms with E-state index in [2.05, 4.69) is 16.5 Å². The van der Waals surface area contributed by atoms with E-state index in [1.807, 2.05) is 18.7 Å². The Bertz CT molecular complexity index is 792. The molecule has 0 aliphatic carbocycles. The van der Waals surface area contributed by atoms with Crippen molar-refractivity contribution in [3.8, 4) is 0 Å². The molecule has 12 N–H and O–H groups in total. The zero-order chi connectivity index (χ0) is 34.2. The van der Waals surface area contributed by atoms with Crippen LogP contribution in [0.25, 0.3) is 0 Å². The lowest BCUT2D eigenvalue weighted by molar-refractivity contribution is 0.320. The maximum Gasteiger partial charge on any atom is 0.507 e. The smallest absolute Gasteiger partial charge is 0.337 e. The minimum absolute atomic E-state index is 1.12. The van der Waals surface area contributed by atoms with E-state index < -0.39 is 47.4 Å². The maximum absolute atomic E-state index is 10.4. The van der Waals surface area contributed by atoms with Crippen molar-refractivity contribution in [3.05, 3.63) is 18.7 Å². The summed E-state index contributed by atoms with van der Waals surface area (Å²) in [7, 11) is -30.8. The summed E-state index contributed by atoms with van der Waals surface area (Å²) in [6.45, 7) is 3.34. The fourth-order valence-corrected chi connectivity index (χ4v) is 0.963. The first-order valence-electron chi connectivity index (χ1n) is 8.40. The third kappa shape index (κ3) is 371. The van der Waals surface area contributed by atoms with Crippen LogP contribution in [0.4, 0.5) is 25.2 Å². The molecular formula is C8H26F6N2O18P6. The number of unbranched alkanes of at least 4 members (excludes halogenated alkanes) is 2. The van der Waals surface area contributed by atoms with Gasteiger partial charge in [0.1, 0.15) is 0 Å². The third-order valence-electron chi connectivity index (χ3n) is 1.58. The van der Waals surface area contributed by atoms with E-state index in [9.17, 15) is 25.2 Å². The molecule has 0 aliphatic heterocycles. The predicted octanol–water partition coefficient (Wildman–Crippen LogP) is 2.36. The highest BCUT2D eigenvalue weighted by atomic mass is 31.2. The number of hydrogen-bond acceptors (Lipinski definition) is 7. The molecule has 0 aliphatic rings. The highest BCUT2D eigenvalue weighted by Gasteiger charge is 2.07. The van der Waals surface area contributed by atoms with Gasteiger partial charge in [-0.2, -0.15) is 0 Å². The summed E-state index contributed by atoms with van der Waals surface area (Å²) in [5.74, 6) is 0. The van der Waals surface area contributed by atoms with Crippen LogP contribution >= 0.6 is 47.4 Å². The monoisotopic (exact) mass is 738 g/mol. The highest BCUT2D eigenvalue weighted by Crippen LogP contribution is 2.37. The van der Waals surface area contributed by atoms with Crippen molar-refractivity contribution in [2.75, 3.05) is 0 Å². The Kier molecular flexibility index (Phi) is 33.0. The zero-order valence-corrected chi connectivity index (χ0v) is 24.6. The summed E-state index contributed by atoms with van der Waals surface area (Å²) in [5.41, 5.74) is 0. The molecule has 0 unspecified atom stereocenters. The van der Waals surface area contributed by atoms with Gasteiger partial charge in [-0.25, -0.2) is 32.4 Å². The van der Waals surface area contributed by atoms with Gasteiger partial charge in [0.15, 0.2) is 0 Å². The van der Waals surface area contributed by atoms with Crippen LogP contribution < -0.4 is 0 Å². The molecule has 248 valence electrons. The average Bonchev–Trinajstić information content (AvgIpc) is 2.98. The van der Waals surface area contributed by atoms with Gasteiger partial charge < -0.3 is 4.57 Å². The lowest BCUT2D eigenvalue weighted by atomic mass is 10.2. The molecule has 0 fully saturated rings. The Hall–Kier alpha value is -0.310. The molecule has 1 rings (SSSR count). The average molecular weight is 738 g/mol. The maximum atomic E-state index is 10.4. The molecule has 1 heterocycles. The van der Waals surface area contributed by atoms with Crippen LogP contribution in [0.15, 0.2) is 18.7 Å². The van der Waals surface area contributed by atoms with E-state index in [0.717, 1.165) is 6.54 Å². The molecule has 0 spiro atoms. The van der Waals surface area contributed by atoms with E-state index >= 15 is 0 Å². The summed E-state index contributed by atoms with van der Waals surface area (Å²) < 4.78 is 116. The Morgan fingerprint density at radius 1 is 0.550 bits per heavy atom. The first kappa shape index (κ1) is 52.3. The minimum Gasteiger partial charge on any atom is -0.337 e. The quantitative estimate of drug-likeness (QED) is 0.120. The summed E-state index contributed by atoms with van der Waals surface area (Å²) in [6.07, 6.45) is 9.58. The van der Waals surface area contributed by atoms with Gasteiger partial charge in [0, 0.05) is 18.9 Å². The zero-order valence-electron chi connectivity index (χ0n) is 19.2. The first-order valence-corrected chi connectivity index (χ1v) is 17.4. The lowest BCUT2D eigenvalue weighted by Crippen LogP contribution is -1.92. The number of nitrogens with zero attached hydrogens (tertiary/aromatic N) is 2. The Labute approximate surface area is 220 Å². The first-order chi connectivity index (χ1) is 16.9. The van der Waals surface area contributed by atoms with Gasteiger partial charge in [0.05, 0.1) is 6.33 Å². The molecule has 0 bridgehead atoms. The van der Waals surface area contributed by atoms with Crippen LogP contribution in [-0.2, 0) is 33.9 Å². The molecule has 0 amide bonds. The molecule has 0 aromatic carbocycles. The summed E-state index contributed by atoms with van der Waals surface area (Å²) in [4.78, 5) is 87.5. The van der Waals surface area contributed by atoms with Crippen molar-refractivity contribution in [2.45, 2.75) is 32.7 Å². The second kappa shape index (κ2) is 25.2. The van der Waals surface area contributed by atoms with E-state index in [1.165, 1.54) is 19.3 Å². The third-order valence-corrected chi connectivity index (χ3v) is 1.58. The largest absolute Gasteiger partial charge is 0.507 e. The molecule has 0 radical (unpaired) electrons. The van der Waals surface area contributed by atoms with E-state index in [1.54, 1.807) is 0 Å². The van der Waals surface area contributed by atoms with Crippen molar-refractivity contribution < 1.29 is 111 Å². The number of hydrogen-bond donors (Lipinski definition) is 12. The van der Waals surface area contributed by atoms with Crippen LogP contribution in [0.2, 0.25) is 0 Å². The fourth-order valence-electron chi connectivity index (χ4n) is 0.963. The van der Waals surface area contributed by atoms with Crippen molar-refractivity contribution in [1.29, 1.82) is 0 Å². The summed E-state index contributed by atoms with van der Waals surface area (Å²) in [5, 5.41) is 0. The molecule has 0 saturated heterocycles. The van der Waals surface area contributed by atoms with Gasteiger partial charge in [-0.3, -0.25) is 58.7 Å². The van der Waals surface area contributed by atoms with E-state index in [-0.39, 0.29) is 0 Å². The highest BCUT2D eigenvalue weighted by molar-refractivity contribution is 7.46. The van der Waals surface area contributed by atoms with Crippen LogP contribution in [0, 0.1) is 0 Å². The summed E-state index contributed by atoms with van der Waals surface area (Å²) >= 11 is 0. The normalized spacial score (nSPS) is 11.4. The molecule has 1 aromatic heterocycles. The lowest BCUT2D eigenvalue weighted by Gasteiger charge is -1.98. The molecular weight excluding hydrogens is 712 g/mol. The van der Waals surface area contributed by atoms with Crippen LogP contribution in [0.1, 0.15) is 26.2 Å². The number of aryl methyl sites for hydroxylation is 1. The Morgan fingerprint density at radius 2 is 0.775 bits per heavy atom. The number of rotatable bonds is 4. The van der Waals surface area contributed by atoms with Crippen molar-refractivity contribution in [2.24, 2.45) is 0 Å². The minimum atomic E-state index is -5.14. The topological polar surface area (TPSA) is 363 Å². The van der Waals surface area contributed by atoms with Crippen LogP contribution in [0.5, 0.6) is 0 Å². The van der Waals surface area contributed by atoms with Gasteiger partial charge in [-0.1, -0.05) is 19.8 Å². The second-order valence-electron chi connectivity index (χ2n) is 5.35. The van der Waals surface area contributed by atoms with Gasteiger partial charge in [0.25, 0.3) is 0 Å². The van der Waals surface area contributed by atoms with Gasteiger partial charge in [-0.15, -0.1) is 25.2 Å². The van der Waals surface area contributed by atoms with Crippen molar-refractivity contribution >= 4 is 47.4 Å². The molecule has 1 aromatic rings. The second-order valence-corrected chi connectivity index (χ2v) is 11.0. The molecule has 20 nitrogen and oxygen atoms in total. The molecule has 40 heavy (non-hydrogen) atoms. The van der Waals surface area contributed by atoms with Crippen molar-refractivity contribution in [3.63, 3.8) is 0 Å². The van der Waals surface area contributed by atoms with Crippen molar-refractivity contribution in [1.82, 2.24) is 9.55 Å². The SMILES string of the molecule is CCCCCn1ccnc1.O=P(O)(O)F.O=P(O)(O)F.O=P(O)(O)F.O=P(O)(O)F.O=P(O)(O)F.O=P(O)(O)F. The standard InChI is InChI=1S/C8H14N2.6FH2O3P/c1-2-3-4-6-10-7-5-9-8-10;6*1-5(2,3)4/h5,7-8H,2-4,6H2,1H3;6*(H2,2,3,4). The van der Waals surface area contributed by atoms with Crippen LogP contribution in [0.3, 0.4) is 0 Å². The van der Waals surface area contributed by atoms with E-state index in [0.29, 0.717) is 0 Å². The number of halogens is 6. The molecule has 0 saturated carbocycles. The fraction of sp³-hybridized carbons (Fsp3) is 0.625. The number of imidazole rings is 1.